The molecular formula is C16H21F5N4O2. The van der Waals surface area contributed by atoms with Crippen molar-refractivity contribution in [2.45, 2.75) is 44.9 Å². The molecule has 0 saturated carbocycles. The van der Waals surface area contributed by atoms with Crippen molar-refractivity contribution < 1.29 is 31.5 Å². The van der Waals surface area contributed by atoms with Gasteiger partial charge in [-0.1, -0.05) is 0 Å². The smallest absolute Gasteiger partial charge is 0.419 e. The molecule has 1 aliphatic rings. The predicted molar refractivity (Wildman–Crippen MR) is 86.4 cm³/mol. The summed E-state index contributed by atoms with van der Waals surface area (Å²) in [5.74, 6) is -4.48. The van der Waals surface area contributed by atoms with Crippen LogP contribution >= 0.6 is 0 Å². The number of hydrogen-bond acceptors (Lipinski definition) is 5. The van der Waals surface area contributed by atoms with Crippen LogP contribution in [-0.2, 0) is 10.9 Å². The van der Waals surface area contributed by atoms with Gasteiger partial charge < -0.3 is 15.0 Å². The molecule has 2 rings (SSSR count). The number of nitrogens with zero attached hydrogens (tertiary/aromatic N) is 3. The number of halogens is 5. The number of ether oxygens (including phenoxy) is 1. The number of rotatable bonds is 3. The second-order valence-electron chi connectivity index (χ2n) is 7.32. The van der Waals surface area contributed by atoms with E-state index in [1.165, 1.54) is 0 Å². The molecule has 0 bridgehead atoms. The molecule has 1 saturated heterocycles. The molecule has 0 spiro atoms. The highest BCUT2D eigenvalue weighted by Gasteiger charge is 2.46. The van der Waals surface area contributed by atoms with Gasteiger partial charge in [-0.05, 0) is 27.2 Å². The number of likely N-dealkylation sites (tertiary alicyclic amines) is 1. The zero-order valence-corrected chi connectivity index (χ0v) is 15.1. The van der Waals surface area contributed by atoms with Gasteiger partial charge in [-0.25, -0.2) is 23.5 Å². The maximum Gasteiger partial charge on any atom is 0.419 e. The Morgan fingerprint density at radius 2 is 1.89 bits per heavy atom. The topological polar surface area (TPSA) is 67.3 Å². The van der Waals surface area contributed by atoms with Gasteiger partial charge in [0, 0.05) is 31.4 Å². The van der Waals surface area contributed by atoms with Gasteiger partial charge in [0.15, 0.2) is 0 Å². The fraction of sp³-hybridized carbons (Fsp3) is 0.688. The molecule has 27 heavy (non-hydrogen) atoms. The van der Waals surface area contributed by atoms with E-state index < -0.39 is 41.8 Å². The molecule has 1 fully saturated rings. The molecule has 1 amide bonds. The SMILES string of the molecule is CC(C)(C)OC(=O)N1CC[C@H](CNc2ncc(C(F)(F)F)cn2)C(F)(F)C1. The van der Waals surface area contributed by atoms with Crippen molar-refractivity contribution in [1.29, 1.82) is 0 Å². The number of alkyl halides is 5. The van der Waals surface area contributed by atoms with E-state index in [2.05, 4.69) is 15.3 Å². The standard InChI is InChI=1S/C16H21F5N4O2/c1-14(2,3)27-13(26)25-5-4-10(15(17,18)9-25)6-22-12-23-7-11(8-24-12)16(19,20)21/h7-8,10H,4-6,9H2,1-3H3,(H,22,23,24)/t10-/m1/s1. The summed E-state index contributed by atoms with van der Waals surface area (Å²) in [4.78, 5) is 19.9. The van der Waals surface area contributed by atoms with Crippen LogP contribution in [0.5, 0.6) is 0 Å². The second-order valence-corrected chi connectivity index (χ2v) is 7.32. The van der Waals surface area contributed by atoms with Crippen LogP contribution in [0.2, 0.25) is 0 Å². The summed E-state index contributed by atoms with van der Waals surface area (Å²) in [6, 6.07) is 0. The highest BCUT2D eigenvalue weighted by atomic mass is 19.4. The Bertz CT molecular complexity index is 658. The molecule has 1 aromatic heterocycles. The van der Waals surface area contributed by atoms with Crippen molar-refractivity contribution in [2.24, 2.45) is 5.92 Å². The zero-order chi connectivity index (χ0) is 20.5. The highest BCUT2D eigenvalue weighted by molar-refractivity contribution is 5.68. The van der Waals surface area contributed by atoms with Crippen LogP contribution in [-0.4, -0.2) is 52.1 Å². The van der Waals surface area contributed by atoms with Gasteiger partial charge in [0.05, 0.1) is 12.1 Å². The Morgan fingerprint density at radius 3 is 2.37 bits per heavy atom. The molecule has 1 aromatic rings. The van der Waals surface area contributed by atoms with E-state index in [-0.39, 0.29) is 25.5 Å². The number of amides is 1. The number of piperidine rings is 1. The minimum atomic E-state index is -4.57. The summed E-state index contributed by atoms with van der Waals surface area (Å²) in [7, 11) is 0. The largest absolute Gasteiger partial charge is 0.444 e. The molecule has 1 atom stereocenters. The molecule has 0 unspecified atom stereocenters. The number of aromatic nitrogens is 2. The van der Waals surface area contributed by atoms with Gasteiger partial charge in [0.25, 0.3) is 5.92 Å². The summed E-state index contributed by atoms with van der Waals surface area (Å²) >= 11 is 0. The van der Waals surface area contributed by atoms with Crippen molar-refractivity contribution >= 4 is 12.0 Å². The molecular weight excluding hydrogens is 375 g/mol. The Balaban J connectivity index is 1.92. The van der Waals surface area contributed by atoms with Gasteiger partial charge >= 0.3 is 12.3 Å². The van der Waals surface area contributed by atoms with Crippen molar-refractivity contribution in [3.8, 4) is 0 Å². The first-order valence-corrected chi connectivity index (χ1v) is 8.27. The number of nitrogens with one attached hydrogen (secondary N) is 1. The van der Waals surface area contributed by atoms with Crippen molar-refractivity contribution in [2.75, 3.05) is 25.0 Å². The summed E-state index contributed by atoms with van der Waals surface area (Å²) in [6.07, 6.45) is -4.21. The van der Waals surface area contributed by atoms with Gasteiger partial charge in [-0.3, -0.25) is 0 Å². The minimum Gasteiger partial charge on any atom is -0.444 e. The van der Waals surface area contributed by atoms with Crippen molar-refractivity contribution in [3.63, 3.8) is 0 Å². The van der Waals surface area contributed by atoms with E-state index in [9.17, 15) is 26.7 Å². The predicted octanol–water partition coefficient (Wildman–Crippen LogP) is 3.80. The third kappa shape index (κ3) is 5.90. The lowest BCUT2D eigenvalue weighted by molar-refractivity contribution is -0.138. The molecule has 6 nitrogen and oxygen atoms in total. The Hall–Kier alpha value is -2.20. The lowest BCUT2D eigenvalue weighted by Crippen LogP contribution is -2.53. The lowest BCUT2D eigenvalue weighted by Gasteiger charge is -2.38. The summed E-state index contributed by atoms with van der Waals surface area (Å²) < 4.78 is 71.2. The normalized spacial score (nSPS) is 20.3. The lowest BCUT2D eigenvalue weighted by atomic mass is 9.93. The van der Waals surface area contributed by atoms with Crippen LogP contribution in [0.25, 0.3) is 0 Å². The Labute approximate surface area is 153 Å². The van der Waals surface area contributed by atoms with Crippen LogP contribution < -0.4 is 5.32 Å². The first-order valence-electron chi connectivity index (χ1n) is 8.27. The Morgan fingerprint density at radius 1 is 1.30 bits per heavy atom. The molecule has 1 aliphatic heterocycles. The van der Waals surface area contributed by atoms with Crippen LogP contribution in [0.1, 0.15) is 32.8 Å². The summed E-state index contributed by atoms with van der Waals surface area (Å²) in [6.45, 7) is 3.99. The maximum absolute atomic E-state index is 14.4. The third-order valence-corrected chi connectivity index (χ3v) is 3.88. The average Bonchev–Trinajstić information content (AvgIpc) is 2.51. The first-order chi connectivity index (χ1) is 12.3. The van der Waals surface area contributed by atoms with Crippen LogP contribution in [0, 0.1) is 5.92 Å². The zero-order valence-electron chi connectivity index (χ0n) is 15.1. The first kappa shape index (κ1) is 21.1. The number of hydrogen-bond donors (Lipinski definition) is 1. The van der Waals surface area contributed by atoms with Gasteiger partial charge in [0.2, 0.25) is 5.95 Å². The van der Waals surface area contributed by atoms with Crippen molar-refractivity contribution in [1.82, 2.24) is 14.9 Å². The highest BCUT2D eigenvalue weighted by Crippen LogP contribution is 2.34. The van der Waals surface area contributed by atoms with E-state index in [0.717, 1.165) is 4.90 Å². The second kappa shape index (κ2) is 7.43. The van der Waals surface area contributed by atoms with Gasteiger partial charge in [0.1, 0.15) is 5.60 Å². The number of carbonyl (C=O) groups excluding carboxylic acids is 1. The van der Waals surface area contributed by atoms with E-state index in [4.69, 9.17) is 4.74 Å². The molecule has 11 heteroatoms. The molecule has 1 N–H and O–H groups in total. The molecule has 2 heterocycles. The van der Waals surface area contributed by atoms with Crippen LogP contribution in [0.3, 0.4) is 0 Å². The monoisotopic (exact) mass is 396 g/mol. The summed E-state index contributed by atoms with van der Waals surface area (Å²) in [5.41, 5.74) is -1.81. The third-order valence-electron chi connectivity index (χ3n) is 3.88. The molecule has 0 radical (unpaired) electrons. The van der Waals surface area contributed by atoms with E-state index >= 15 is 0 Å². The minimum absolute atomic E-state index is 0.000121. The van der Waals surface area contributed by atoms with Crippen LogP contribution in [0.4, 0.5) is 32.7 Å². The molecule has 0 aromatic carbocycles. The van der Waals surface area contributed by atoms with E-state index in [1.54, 1.807) is 20.8 Å². The van der Waals surface area contributed by atoms with Crippen molar-refractivity contribution in [3.05, 3.63) is 18.0 Å². The molecule has 0 aliphatic carbocycles. The van der Waals surface area contributed by atoms with Gasteiger partial charge in [-0.2, -0.15) is 13.2 Å². The maximum atomic E-state index is 14.4. The number of anilines is 1. The summed E-state index contributed by atoms with van der Waals surface area (Å²) in [5, 5.41) is 2.53. The quantitative estimate of drug-likeness (QED) is 0.788. The van der Waals surface area contributed by atoms with E-state index in [1.807, 2.05) is 0 Å². The Kier molecular flexibility index (Phi) is 5.81. The molecule has 152 valence electrons. The fourth-order valence-corrected chi connectivity index (χ4v) is 2.50. The van der Waals surface area contributed by atoms with Crippen LogP contribution in [0.15, 0.2) is 12.4 Å². The fourth-order valence-electron chi connectivity index (χ4n) is 2.50. The van der Waals surface area contributed by atoms with E-state index in [0.29, 0.717) is 12.4 Å². The van der Waals surface area contributed by atoms with Gasteiger partial charge in [-0.15, -0.1) is 0 Å². The average molecular weight is 396 g/mol. The number of carbonyl (C=O) groups is 1.